The maximum atomic E-state index is 12.9. The summed E-state index contributed by atoms with van der Waals surface area (Å²) < 4.78 is 5.88. The van der Waals surface area contributed by atoms with Crippen molar-refractivity contribution in [1.82, 2.24) is 20.2 Å². The summed E-state index contributed by atoms with van der Waals surface area (Å²) in [4.78, 5) is 34.5. The molecule has 2 amide bonds. The molecule has 3 atom stereocenters. The molecular weight excluding hydrogens is 320 g/mol. The third-order valence-corrected chi connectivity index (χ3v) is 4.76. The largest absolute Gasteiger partial charge is 0.365 e. The number of benzene rings is 1. The molecule has 2 aliphatic heterocycles. The molecule has 0 unspecified atom stereocenters. The first-order chi connectivity index (χ1) is 12.2. The Morgan fingerprint density at radius 1 is 1.24 bits per heavy atom. The van der Waals surface area contributed by atoms with Crippen LogP contribution in [0.1, 0.15) is 22.0 Å². The Morgan fingerprint density at radius 3 is 2.84 bits per heavy atom. The number of rotatable bonds is 2. The molecule has 7 heteroatoms. The number of nitrogens with one attached hydrogen (secondary N) is 1. The van der Waals surface area contributed by atoms with Crippen molar-refractivity contribution in [3.8, 4) is 0 Å². The van der Waals surface area contributed by atoms with Gasteiger partial charge in [-0.15, -0.1) is 0 Å². The van der Waals surface area contributed by atoms with Crippen LogP contribution in [0.25, 0.3) is 0 Å². The van der Waals surface area contributed by atoms with Gasteiger partial charge in [-0.25, -0.2) is 4.98 Å². The van der Waals surface area contributed by atoms with Gasteiger partial charge < -0.3 is 15.0 Å². The molecule has 2 fully saturated rings. The van der Waals surface area contributed by atoms with E-state index in [4.69, 9.17) is 4.74 Å². The van der Waals surface area contributed by atoms with Crippen LogP contribution in [0.5, 0.6) is 0 Å². The molecule has 3 heterocycles. The topological polar surface area (TPSA) is 84.4 Å². The molecule has 7 nitrogen and oxygen atoms in total. The second-order valence-corrected chi connectivity index (χ2v) is 6.21. The van der Waals surface area contributed by atoms with Crippen molar-refractivity contribution in [2.75, 3.05) is 19.7 Å². The van der Waals surface area contributed by atoms with Crippen LogP contribution in [0.2, 0.25) is 0 Å². The minimum absolute atomic E-state index is 0.0116. The van der Waals surface area contributed by atoms with Crippen molar-refractivity contribution >= 4 is 11.8 Å². The number of likely N-dealkylation sites (tertiary alicyclic amines) is 1. The minimum atomic E-state index is -0.234. The van der Waals surface area contributed by atoms with E-state index >= 15 is 0 Å². The van der Waals surface area contributed by atoms with E-state index in [9.17, 15) is 9.59 Å². The fourth-order valence-electron chi connectivity index (χ4n) is 3.58. The molecular formula is C18H18N4O3. The van der Waals surface area contributed by atoms with E-state index in [1.54, 1.807) is 4.90 Å². The van der Waals surface area contributed by atoms with Gasteiger partial charge in [0.1, 0.15) is 12.3 Å². The van der Waals surface area contributed by atoms with E-state index in [1.807, 2.05) is 30.3 Å². The Morgan fingerprint density at radius 2 is 2.08 bits per heavy atom. The van der Waals surface area contributed by atoms with Crippen LogP contribution in [0, 0.1) is 0 Å². The van der Waals surface area contributed by atoms with Gasteiger partial charge in [-0.2, -0.15) is 0 Å². The third-order valence-electron chi connectivity index (χ3n) is 4.76. The lowest BCUT2D eigenvalue weighted by Gasteiger charge is -2.25. The fraction of sp³-hybridized carbons (Fsp3) is 0.333. The molecule has 4 rings (SSSR count). The van der Waals surface area contributed by atoms with Gasteiger partial charge in [-0.05, 0) is 5.56 Å². The summed E-state index contributed by atoms with van der Waals surface area (Å²) in [6.45, 7) is 0.904. The number of carbonyl (C=O) groups is 2. The first-order valence-corrected chi connectivity index (χ1v) is 8.24. The zero-order valence-electron chi connectivity index (χ0n) is 13.5. The summed E-state index contributed by atoms with van der Waals surface area (Å²) in [7, 11) is 0. The molecule has 2 saturated heterocycles. The van der Waals surface area contributed by atoms with E-state index in [0.29, 0.717) is 18.8 Å². The Bertz CT molecular complexity index is 768. The molecule has 2 aliphatic rings. The van der Waals surface area contributed by atoms with Gasteiger partial charge in [-0.3, -0.25) is 14.6 Å². The highest BCUT2D eigenvalue weighted by molar-refractivity contribution is 5.92. The minimum Gasteiger partial charge on any atom is -0.365 e. The normalized spacial score (nSPS) is 25.8. The van der Waals surface area contributed by atoms with Gasteiger partial charge in [0.05, 0.1) is 18.3 Å². The zero-order valence-corrected chi connectivity index (χ0v) is 13.5. The van der Waals surface area contributed by atoms with Crippen LogP contribution in [0.15, 0.2) is 48.9 Å². The van der Waals surface area contributed by atoms with Gasteiger partial charge in [0.2, 0.25) is 5.91 Å². The number of fused-ring (bicyclic) bond motifs is 1. The van der Waals surface area contributed by atoms with Gasteiger partial charge in [0.15, 0.2) is 0 Å². The van der Waals surface area contributed by atoms with Gasteiger partial charge in [0, 0.05) is 31.4 Å². The van der Waals surface area contributed by atoms with E-state index in [1.165, 1.54) is 18.6 Å². The first kappa shape index (κ1) is 15.7. The average Bonchev–Trinajstić information content (AvgIpc) is 2.93. The summed E-state index contributed by atoms with van der Waals surface area (Å²) in [5.74, 6) is -0.339. The number of aromatic nitrogens is 2. The third kappa shape index (κ3) is 2.98. The molecule has 0 spiro atoms. The van der Waals surface area contributed by atoms with E-state index in [0.717, 1.165) is 5.56 Å². The number of hydrogen-bond acceptors (Lipinski definition) is 5. The molecule has 0 saturated carbocycles. The summed E-state index contributed by atoms with van der Waals surface area (Å²) in [6, 6.07) is 9.72. The summed E-state index contributed by atoms with van der Waals surface area (Å²) >= 11 is 0. The zero-order chi connectivity index (χ0) is 17.2. The molecule has 0 radical (unpaired) electrons. The Labute approximate surface area is 145 Å². The van der Waals surface area contributed by atoms with E-state index < -0.39 is 0 Å². The predicted octanol–water partition coefficient (Wildman–Crippen LogP) is 0.600. The quantitative estimate of drug-likeness (QED) is 0.867. The van der Waals surface area contributed by atoms with Crippen molar-refractivity contribution in [1.29, 1.82) is 0 Å². The predicted molar refractivity (Wildman–Crippen MR) is 88.8 cm³/mol. The highest BCUT2D eigenvalue weighted by Crippen LogP contribution is 2.35. The molecule has 1 aromatic carbocycles. The molecule has 2 aromatic rings. The number of amides is 2. The van der Waals surface area contributed by atoms with Crippen LogP contribution < -0.4 is 5.32 Å². The number of nitrogens with zero attached hydrogens (tertiary/aromatic N) is 3. The Balaban J connectivity index is 1.67. The second-order valence-electron chi connectivity index (χ2n) is 6.21. The summed E-state index contributed by atoms with van der Waals surface area (Å²) in [6.07, 6.45) is 4.26. The van der Waals surface area contributed by atoms with Crippen LogP contribution in [-0.4, -0.2) is 58.5 Å². The molecule has 0 aliphatic carbocycles. The highest BCUT2D eigenvalue weighted by Gasteiger charge is 2.47. The second kappa shape index (κ2) is 6.60. The molecule has 0 bridgehead atoms. The van der Waals surface area contributed by atoms with Crippen molar-refractivity contribution in [3.05, 3.63) is 60.2 Å². The van der Waals surface area contributed by atoms with Gasteiger partial charge >= 0.3 is 0 Å². The lowest BCUT2D eigenvalue weighted by Crippen LogP contribution is -2.45. The maximum Gasteiger partial charge on any atom is 0.274 e. The van der Waals surface area contributed by atoms with Crippen LogP contribution in [0.3, 0.4) is 0 Å². The van der Waals surface area contributed by atoms with Crippen molar-refractivity contribution < 1.29 is 14.3 Å². The molecule has 1 aromatic heterocycles. The summed E-state index contributed by atoms with van der Waals surface area (Å²) in [5, 5.41) is 2.83. The standard InChI is InChI=1S/C18H18N4O3/c23-16-11-25-17-13(12-4-2-1-3-5-12)10-22(15(17)9-21-16)18(24)14-8-19-6-7-20-14/h1-8,13,15,17H,9-11H2,(H,21,23)/t13-,15-,17-/m1/s1. The monoisotopic (exact) mass is 338 g/mol. The lowest BCUT2D eigenvalue weighted by molar-refractivity contribution is -0.125. The Hall–Kier alpha value is -2.80. The van der Waals surface area contributed by atoms with Crippen molar-refractivity contribution in [2.45, 2.75) is 18.1 Å². The fourth-order valence-corrected chi connectivity index (χ4v) is 3.58. The number of ether oxygens (including phenoxy) is 1. The average molecular weight is 338 g/mol. The molecule has 1 N–H and O–H groups in total. The summed E-state index contributed by atoms with van der Waals surface area (Å²) in [5.41, 5.74) is 1.40. The van der Waals surface area contributed by atoms with Gasteiger partial charge in [0.25, 0.3) is 5.91 Å². The maximum absolute atomic E-state index is 12.9. The molecule has 25 heavy (non-hydrogen) atoms. The number of carbonyl (C=O) groups excluding carboxylic acids is 2. The highest BCUT2D eigenvalue weighted by atomic mass is 16.5. The van der Waals surface area contributed by atoms with Crippen molar-refractivity contribution in [3.63, 3.8) is 0 Å². The van der Waals surface area contributed by atoms with E-state index in [2.05, 4.69) is 15.3 Å². The van der Waals surface area contributed by atoms with Crippen LogP contribution in [0.4, 0.5) is 0 Å². The smallest absolute Gasteiger partial charge is 0.274 e. The molecule has 128 valence electrons. The lowest BCUT2D eigenvalue weighted by atomic mass is 9.93. The van der Waals surface area contributed by atoms with Gasteiger partial charge in [-0.1, -0.05) is 30.3 Å². The van der Waals surface area contributed by atoms with Crippen LogP contribution >= 0.6 is 0 Å². The number of hydrogen-bond donors (Lipinski definition) is 1. The van der Waals surface area contributed by atoms with E-state index in [-0.39, 0.29) is 36.5 Å². The SMILES string of the molecule is O=C1CO[C@@H]2[C@@H](c3ccccc3)CN(C(=O)c3cnccn3)[C@@H]2CN1. The van der Waals surface area contributed by atoms with Crippen molar-refractivity contribution in [2.24, 2.45) is 0 Å². The first-order valence-electron chi connectivity index (χ1n) is 8.24. The Kier molecular flexibility index (Phi) is 4.15. The van der Waals surface area contributed by atoms with Crippen LogP contribution in [-0.2, 0) is 9.53 Å².